The van der Waals surface area contributed by atoms with Crippen LogP contribution in [0.1, 0.15) is 10.4 Å². The van der Waals surface area contributed by atoms with Crippen LogP contribution in [0.5, 0.6) is 0 Å². The van der Waals surface area contributed by atoms with E-state index in [4.69, 9.17) is 0 Å². The molecule has 0 aromatic heterocycles. The van der Waals surface area contributed by atoms with Crippen LogP contribution in [0.15, 0.2) is 24.3 Å². The molecule has 0 saturated carbocycles. The molecule has 16 heavy (non-hydrogen) atoms. The number of amides is 1. The van der Waals surface area contributed by atoms with E-state index in [-0.39, 0.29) is 5.91 Å². The molecule has 0 fully saturated rings. The first-order valence-corrected chi connectivity index (χ1v) is 6.27. The lowest BCUT2D eigenvalue weighted by molar-refractivity contribution is 0.0804. The minimum absolute atomic E-state index is 0.0585. The molecule has 0 spiro atoms. The van der Waals surface area contributed by atoms with E-state index in [1.165, 1.54) is 0 Å². The van der Waals surface area contributed by atoms with Crippen molar-refractivity contribution < 1.29 is 4.79 Å². The minimum Gasteiger partial charge on any atom is -0.378 e. The minimum atomic E-state index is 0.0585. The van der Waals surface area contributed by atoms with Crippen LogP contribution < -0.4 is 4.90 Å². The van der Waals surface area contributed by atoms with Crippen LogP contribution in [0, 0.1) is 0 Å². The topological polar surface area (TPSA) is 23.6 Å². The van der Waals surface area contributed by atoms with Gasteiger partial charge in [-0.2, -0.15) is 0 Å². The molecule has 0 heterocycles. The van der Waals surface area contributed by atoms with Gasteiger partial charge in [0, 0.05) is 44.3 Å². The Kier molecular flexibility index (Phi) is 4.80. The summed E-state index contributed by atoms with van der Waals surface area (Å²) in [6, 6.07) is 7.65. The number of benzene rings is 1. The Morgan fingerprint density at radius 2 is 2.00 bits per heavy atom. The van der Waals surface area contributed by atoms with Crippen LogP contribution in [0.4, 0.5) is 5.69 Å². The van der Waals surface area contributed by atoms with Crippen LogP contribution in [0.2, 0.25) is 0 Å². The van der Waals surface area contributed by atoms with Gasteiger partial charge in [-0.3, -0.25) is 4.79 Å². The zero-order valence-electron chi connectivity index (χ0n) is 9.90. The van der Waals surface area contributed by atoms with Crippen molar-refractivity contribution in [2.24, 2.45) is 0 Å². The van der Waals surface area contributed by atoms with Gasteiger partial charge in [0.1, 0.15) is 0 Å². The van der Waals surface area contributed by atoms with E-state index in [9.17, 15) is 4.79 Å². The van der Waals surface area contributed by atoms with Gasteiger partial charge in [0.15, 0.2) is 0 Å². The number of hydrogen-bond donors (Lipinski definition) is 0. The molecule has 0 saturated heterocycles. The van der Waals surface area contributed by atoms with Gasteiger partial charge in [0.2, 0.25) is 0 Å². The maximum Gasteiger partial charge on any atom is 0.253 e. The fourth-order valence-corrected chi connectivity index (χ4v) is 1.90. The van der Waals surface area contributed by atoms with Gasteiger partial charge in [-0.05, 0) is 18.2 Å². The maximum atomic E-state index is 12.0. The maximum absolute atomic E-state index is 12.0. The Balaban J connectivity index is 2.87. The summed E-state index contributed by atoms with van der Waals surface area (Å²) in [5.41, 5.74) is 1.77. The third-order valence-electron chi connectivity index (χ3n) is 2.38. The van der Waals surface area contributed by atoms with Crippen LogP contribution in [-0.4, -0.2) is 43.8 Å². The highest BCUT2D eigenvalue weighted by Crippen LogP contribution is 2.14. The van der Waals surface area contributed by atoms with Crippen molar-refractivity contribution in [3.8, 4) is 0 Å². The highest BCUT2D eigenvalue weighted by atomic mass is 79.9. The number of alkyl halides is 1. The van der Waals surface area contributed by atoms with Gasteiger partial charge in [-0.1, -0.05) is 22.0 Å². The Morgan fingerprint density at radius 1 is 1.31 bits per heavy atom. The molecule has 4 heteroatoms. The second-order valence-electron chi connectivity index (χ2n) is 3.86. The van der Waals surface area contributed by atoms with Gasteiger partial charge in [0.25, 0.3) is 5.91 Å². The lowest BCUT2D eigenvalue weighted by Gasteiger charge is -2.18. The summed E-state index contributed by atoms with van der Waals surface area (Å²) >= 11 is 3.33. The number of rotatable bonds is 4. The molecule has 1 rings (SSSR count). The number of nitrogens with zero attached hydrogens (tertiary/aromatic N) is 2. The summed E-state index contributed by atoms with van der Waals surface area (Å²) in [6.45, 7) is 0.713. The van der Waals surface area contributed by atoms with E-state index < -0.39 is 0 Å². The van der Waals surface area contributed by atoms with Crippen molar-refractivity contribution >= 4 is 27.5 Å². The summed E-state index contributed by atoms with van der Waals surface area (Å²) in [5, 5.41) is 0.794. The fourth-order valence-electron chi connectivity index (χ4n) is 1.37. The molecule has 0 radical (unpaired) electrons. The third kappa shape index (κ3) is 3.23. The van der Waals surface area contributed by atoms with Crippen molar-refractivity contribution in [2.45, 2.75) is 0 Å². The number of carbonyl (C=O) groups is 1. The van der Waals surface area contributed by atoms with Crippen LogP contribution in [-0.2, 0) is 0 Å². The molecular formula is C12H17BrN2O. The Labute approximate surface area is 105 Å². The molecular weight excluding hydrogens is 268 g/mol. The number of hydrogen-bond acceptors (Lipinski definition) is 2. The van der Waals surface area contributed by atoms with E-state index >= 15 is 0 Å². The zero-order valence-corrected chi connectivity index (χ0v) is 11.5. The first-order chi connectivity index (χ1) is 7.56. The standard InChI is InChI=1S/C12H17BrN2O/c1-14(2)11-6-4-5-10(9-11)12(16)15(3)8-7-13/h4-6,9H,7-8H2,1-3H3. The third-order valence-corrected chi connectivity index (χ3v) is 2.73. The van der Waals surface area contributed by atoms with Gasteiger partial charge in [-0.25, -0.2) is 0 Å². The number of carbonyl (C=O) groups excluding carboxylic acids is 1. The van der Waals surface area contributed by atoms with Crippen LogP contribution >= 0.6 is 15.9 Å². The van der Waals surface area contributed by atoms with E-state index in [2.05, 4.69) is 15.9 Å². The van der Waals surface area contributed by atoms with Crippen molar-refractivity contribution in [3.05, 3.63) is 29.8 Å². The van der Waals surface area contributed by atoms with Gasteiger partial charge in [0.05, 0.1) is 0 Å². The van der Waals surface area contributed by atoms with E-state index in [0.29, 0.717) is 6.54 Å². The summed E-state index contributed by atoms with van der Waals surface area (Å²) in [4.78, 5) is 15.7. The quantitative estimate of drug-likeness (QED) is 0.792. The predicted molar refractivity (Wildman–Crippen MR) is 71.5 cm³/mol. The largest absolute Gasteiger partial charge is 0.378 e. The fraction of sp³-hybridized carbons (Fsp3) is 0.417. The first-order valence-electron chi connectivity index (χ1n) is 5.15. The molecule has 0 bridgehead atoms. The summed E-state index contributed by atoms with van der Waals surface area (Å²) in [5.74, 6) is 0.0585. The second-order valence-corrected chi connectivity index (χ2v) is 4.65. The molecule has 0 unspecified atom stereocenters. The van der Waals surface area contributed by atoms with E-state index in [0.717, 1.165) is 16.6 Å². The predicted octanol–water partition coefficient (Wildman–Crippen LogP) is 2.22. The van der Waals surface area contributed by atoms with Crippen molar-refractivity contribution in [1.82, 2.24) is 4.90 Å². The molecule has 1 aromatic rings. The molecule has 1 amide bonds. The monoisotopic (exact) mass is 284 g/mol. The Hall–Kier alpha value is -1.03. The molecule has 0 aliphatic carbocycles. The second kappa shape index (κ2) is 5.89. The van der Waals surface area contributed by atoms with Gasteiger partial charge >= 0.3 is 0 Å². The average molecular weight is 285 g/mol. The SMILES string of the molecule is CN(CCBr)C(=O)c1cccc(N(C)C)c1. The summed E-state index contributed by atoms with van der Waals surface area (Å²) < 4.78 is 0. The van der Waals surface area contributed by atoms with Crippen molar-refractivity contribution in [2.75, 3.05) is 37.9 Å². The van der Waals surface area contributed by atoms with Crippen LogP contribution in [0.25, 0.3) is 0 Å². The van der Waals surface area contributed by atoms with Gasteiger partial charge in [-0.15, -0.1) is 0 Å². The number of anilines is 1. The Bertz CT molecular complexity index is 366. The molecule has 3 nitrogen and oxygen atoms in total. The normalized spacial score (nSPS) is 10.0. The molecule has 1 aromatic carbocycles. The van der Waals surface area contributed by atoms with Crippen LogP contribution in [0.3, 0.4) is 0 Å². The molecule has 0 atom stereocenters. The summed E-state index contributed by atoms with van der Waals surface area (Å²) in [6.07, 6.45) is 0. The highest BCUT2D eigenvalue weighted by molar-refractivity contribution is 9.09. The van der Waals surface area contributed by atoms with E-state index in [1.54, 1.807) is 4.90 Å². The molecule has 0 aliphatic heterocycles. The molecule has 0 N–H and O–H groups in total. The van der Waals surface area contributed by atoms with Gasteiger partial charge < -0.3 is 9.80 Å². The first kappa shape index (κ1) is 13.0. The lowest BCUT2D eigenvalue weighted by atomic mass is 10.1. The smallest absolute Gasteiger partial charge is 0.253 e. The highest BCUT2D eigenvalue weighted by Gasteiger charge is 2.11. The zero-order chi connectivity index (χ0) is 12.1. The van der Waals surface area contributed by atoms with Crippen molar-refractivity contribution in [3.63, 3.8) is 0 Å². The average Bonchev–Trinajstić information content (AvgIpc) is 2.28. The van der Waals surface area contributed by atoms with Crippen molar-refractivity contribution in [1.29, 1.82) is 0 Å². The molecule has 88 valence electrons. The van der Waals surface area contributed by atoms with E-state index in [1.807, 2.05) is 50.3 Å². The Morgan fingerprint density at radius 3 is 2.56 bits per heavy atom. The molecule has 0 aliphatic rings. The number of halogens is 1. The lowest BCUT2D eigenvalue weighted by Crippen LogP contribution is -2.28. The summed E-state index contributed by atoms with van der Waals surface area (Å²) in [7, 11) is 5.74.